The lowest BCUT2D eigenvalue weighted by atomic mass is 9.89. The van der Waals surface area contributed by atoms with Gasteiger partial charge in [-0.2, -0.15) is 5.10 Å². The van der Waals surface area contributed by atoms with E-state index in [0.29, 0.717) is 5.92 Å². The normalized spacial score (nSPS) is 16.1. The molecule has 0 aliphatic carbocycles. The molecule has 0 amide bonds. The molecular formula is C23H24N4. The van der Waals surface area contributed by atoms with E-state index in [9.17, 15) is 0 Å². The number of hydrogen-bond donors (Lipinski definition) is 2. The molecule has 1 saturated heterocycles. The molecular weight excluding hydrogens is 332 g/mol. The largest absolute Gasteiger partial charge is 0.361 e. The maximum absolute atomic E-state index is 4.30. The smallest absolute Gasteiger partial charge is 0.0695 e. The number of benzene rings is 2. The molecule has 1 aliphatic heterocycles. The van der Waals surface area contributed by atoms with Gasteiger partial charge in [0.2, 0.25) is 0 Å². The molecule has 1 fully saturated rings. The van der Waals surface area contributed by atoms with Crippen molar-refractivity contribution in [2.24, 2.45) is 0 Å². The molecule has 5 rings (SSSR count). The number of fused-ring (bicyclic) bond motifs is 1. The second kappa shape index (κ2) is 7.05. The molecule has 0 atom stereocenters. The van der Waals surface area contributed by atoms with E-state index >= 15 is 0 Å². The van der Waals surface area contributed by atoms with E-state index < -0.39 is 0 Å². The summed E-state index contributed by atoms with van der Waals surface area (Å²) in [6.07, 6.45) is 6.61. The number of nitrogens with one attached hydrogen (secondary N) is 2. The highest BCUT2D eigenvalue weighted by Crippen LogP contribution is 2.34. The van der Waals surface area contributed by atoms with Crippen molar-refractivity contribution in [2.45, 2.75) is 25.3 Å². The van der Waals surface area contributed by atoms with Crippen LogP contribution in [0.2, 0.25) is 0 Å². The first kappa shape index (κ1) is 16.3. The Balaban J connectivity index is 1.28. The van der Waals surface area contributed by atoms with E-state index in [1.807, 2.05) is 6.20 Å². The molecule has 3 heterocycles. The first-order chi connectivity index (χ1) is 13.4. The summed E-state index contributed by atoms with van der Waals surface area (Å²) in [5.41, 5.74) is 6.37. The van der Waals surface area contributed by atoms with Crippen molar-refractivity contribution in [2.75, 3.05) is 13.1 Å². The zero-order chi connectivity index (χ0) is 18.1. The van der Waals surface area contributed by atoms with Crippen LogP contribution in [0.1, 0.15) is 29.9 Å². The Kier molecular flexibility index (Phi) is 4.26. The molecule has 136 valence electrons. The molecule has 0 unspecified atom stereocenters. The van der Waals surface area contributed by atoms with Crippen molar-refractivity contribution in [1.82, 2.24) is 20.1 Å². The highest BCUT2D eigenvalue weighted by molar-refractivity contribution is 5.83. The zero-order valence-electron chi connectivity index (χ0n) is 15.4. The number of aromatic nitrogens is 3. The van der Waals surface area contributed by atoms with Crippen LogP contribution < -0.4 is 0 Å². The Hall–Kier alpha value is -2.85. The van der Waals surface area contributed by atoms with Crippen LogP contribution in [0.4, 0.5) is 0 Å². The molecule has 4 aromatic rings. The summed E-state index contributed by atoms with van der Waals surface area (Å²) in [6.45, 7) is 3.22. The van der Waals surface area contributed by atoms with E-state index in [2.05, 4.69) is 80.9 Å². The van der Waals surface area contributed by atoms with Gasteiger partial charge in [-0.05, 0) is 49.0 Å². The van der Waals surface area contributed by atoms with Gasteiger partial charge >= 0.3 is 0 Å². The summed E-state index contributed by atoms with van der Waals surface area (Å²) in [4.78, 5) is 5.99. The van der Waals surface area contributed by atoms with Crippen LogP contribution in [0.3, 0.4) is 0 Å². The molecule has 0 bridgehead atoms. The van der Waals surface area contributed by atoms with E-state index in [1.54, 1.807) is 0 Å². The molecule has 2 N–H and O–H groups in total. The van der Waals surface area contributed by atoms with Crippen LogP contribution >= 0.6 is 0 Å². The first-order valence-electron chi connectivity index (χ1n) is 9.74. The van der Waals surface area contributed by atoms with Gasteiger partial charge in [0, 0.05) is 29.2 Å². The van der Waals surface area contributed by atoms with Crippen molar-refractivity contribution in [3.63, 3.8) is 0 Å². The second-order valence-corrected chi connectivity index (χ2v) is 7.48. The van der Waals surface area contributed by atoms with Crippen molar-refractivity contribution in [1.29, 1.82) is 0 Å². The van der Waals surface area contributed by atoms with Crippen molar-refractivity contribution < 1.29 is 0 Å². The lowest BCUT2D eigenvalue weighted by molar-refractivity contribution is 0.205. The maximum Gasteiger partial charge on any atom is 0.0695 e. The Morgan fingerprint density at radius 2 is 1.74 bits per heavy atom. The fraction of sp³-hybridized carbons (Fsp3) is 0.261. The number of piperidine rings is 1. The Labute approximate surface area is 159 Å². The van der Waals surface area contributed by atoms with Gasteiger partial charge in [0.25, 0.3) is 0 Å². The van der Waals surface area contributed by atoms with Gasteiger partial charge in [0.1, 0.15) is 0 Å². The average molecular weight is 356 g/mol. The highest BCUT2D eigenvalue weighted by Gasteiger charge is 2.23. The molecule has 2 aromatic carbocycles. The summed E-state index contributed by atoms with van der Waals surface area (Å²) < 4.78 is 0. The Morgan fingerprint density at radius 1 is 0.963 bits per heavy atom. The van der Waals surface area contributed by atoms with E-state index in [0.717, 1.165) is 25.3 Å². The molecule has 4 nitrogen and oxygen atoms in total. The third-order valence-corrected chi connectivity index (χ3v) is 5.82. The lowest BCUT2D eigenvalue weighted by Gasteiger charge is -2.31. The minimum Gasteiger partial charge on any atom is -0.361 e. The fourth-order valence-corrected chi connectivity index (χ4v) is 4.36. The van der Waals surface area contributed by atoms with Gasteiger partial charge in [0.15, 0.2) is 0 Å². The van der Waals surface area contributed by atoms with Crippen LogP contribution in [0.15, 0.2) is 67.0 Å². The predicted octanol–water partition coefficient (Wildman–Crippen LogP) is 4.94. The van der Waals surface area contributed by atoms with Crippen molar-refractivity contribution in [3.05, 3.63) is 78.1 Å². The number of likely N-dealkylation sites (tertiary alicyclic amines) is 1. The quantitative estimate of drug-likeness (QED) is 0.544. The van der Waals surface area contributed by atoms with Gasteiger partial charge in [0.05, 0.1) is 11.9 Å². The van der Waals surface area contributed by atoms with Crippen LogP contribution in [-0.4, -0.2) is 33.2 Å². The predicted molar refractivity (Wildman–Crippen MR) is 110 cm³/mol. The maximum atomic E-state index is 4.30. The van der Waals surface area contributed by atoms with E-state index in [-0.39, 0.29) is 0 Å². The summed E-state index contributed by atoms with van der Waals surface area (Å²) in [7, 11) is 0. The summed E-state index contributed by atoms with van der Waals surface area (Å²) in [6, 6.07) is 19.1. The molecule has 0 saturated carbocycles. The first-order valence-corrected chi connectivity index (χ1v) is 9.74. The number of hydrogen-bond acceptors (Lipinski definition) is 2. The van der Waals surface area contributed by atoms with Gasteiger partial charge in [-0.3, -0.25) is 10.00 Å². The Morgan fingerprint density at radius 3 is 2.59 bits per heavy atom. The summed E-state index contributed by atoms with van der Waals surface area (Å²) in [5, 5.41) is 8.87. The molecule has 0 spiro atoms. The standard InChI is InChI=1S/C23H24N4/c1-2-6-18(7-3-1)23-19(14-25-26-23)16-27-12-10-17(11-13-27)21-15-24-22-9-5-4-8-20(21)22/h1-9,14-15,17,24H,10-13,16H2,(H,25,26). The number of rotatable bonds is 4. The van der Waals surface area contributed by atoms with E-state index in [1.165, 1.54) is 40.4 Å². The molecule has 4 heteroatoms. The van der Waals surface area contributed by atoms with Crippen molar-refractivity contribution >= 4 is 10.9 Å². The minimum atomic E-state index is 0.648. The van der Waals surface area contributed by atoms with Crippen LogP contribution in [0, 0.1) is 0 Å². The molecule has 2 aromatic heterocycles. The topological polar surface area (TPSA) is 47.7 Å². The van der Waals surface area contributed by atoms with Crippen LogP contribution in [0.5, 0.6) is 0 Å². The zero-order valence-corrected chi connectivity index (χ0v) is 15.4. The van der Waals surface area contributed by atoms with E-state index in [4.69, 9.17) is 0 Å². The Bertz CT molecular complexity index is 1020. The van der Waals surface area contributed by atoms with Gasteiger partial charge < -0.3 is 4.98 Å². The third-order valence-electron chi connectivity index (χ3n) is 5.82. The molecule has 1 aliphatic rings. The van der Waals surface area contributed by atoms with Gasteiger partial charge in [-0.15, -0.1) is 0 Å². The SMILES string of the molecule is c1ccc(-c2[nH]ncc2CN2CCC(c3c[nH]c4ccccc34)CC2)cc1. The van der Waals surface area contributed by atoms with Gasteiger partial charge in [-0.1, -0.05) is 48.5 Å². The van der Waals surface area contributed by atoms with Crippen LogP contribution in [-0.2, 0) is 6.54 Å². The van der Waals surface area contributed by atoms with Crippen LogP contribution in [0.25, 0.3) is 22.2 Å². The molecule has 27 heavy (non-hydrogen) atoms. The summed E-state index contributed by atoms with van der Waals surface area (Å²) >= 11 is 0. The van der Waals surface area contributed by atoms with Crippen molar-refractivity contribution in [3.8, 4) is 11.3 Å². The average Bonchev–Trinajstić information content (AvgIpc) is 3.36. The number of nitrogens with zero attached hydrogens (tertiary/aromatic N) is 2. The highest BCUT2D eigenvalue weighted by atomic mass is 15.2. The fourth-order valence-electron chi connectivity index (χ4n) is 4.36. The second-order valence-electron chi connectivity index (χ2n) is 7.48. The monoisotopic (exact) mass is 356 g/mol. The number of para-hydroxylation sites is 1. The number of aromatic amines is 2. The third kappa shape index (κ3) is 3.17. The minimum absolute atomic E-state index is 0.648. The molecule has 0 radical (unpaired) electrons. The van der Waals surface area contributed by atoms with Gasteiger partial charge in [-0.25, -0.2) is 0 Å². The lowest BCUT2D eigenvalue weighted by Crippen LogP contribution is -2.32. The number of H-pyrrole nitrogens is 2. The summed E-state index contributed by atoms with van der Waals surface area (Å²) in [5.74, 6) is 0.648.